The molecule has 0 aliphatic rings. The van der Waals surface area contributed by atoms with Crippen LogP contribution in [0.2, 0.25) is 0 Å². The van der Waals surface area contributed by atoms with Crippen LogP contribution in [0.5, 0.6) is 0 Å². The number of hydrogen-bond donors (Lipinski definition) is 6. The molecule has 1 aromatic carbocycles. The number of carbonyl (C=O) groups is 4. The van der Waals surface area contributed by atoms with Gasteiger partial charge in [0.25, 0.3) is 0 Å². The van der Waals surface area contributed by atoms with E-state index in [2.05, 4.69) is 25.9 Å². The molecule has 1 heterocycles. The van der Waals surface area contributed by atoms with Gasteiger partial charge in [0.2, 0.25) is 17.7 Å². The number of nitrogens with zero attached hydrogens (tertiary/aromatic N) is 1. The van der Waals surface area contributed by atoms with Gasteiger partial charge in [-0.2, -0.15) is 11.8 Å². The maximum atomic E-state index is 13.2. The van der Waals surface area contributed by atoms with Gasteiger partial charge in [-0.3, -0.25) is 14.4 Å². The predicted molar refractivity (Wildman–Crippen MR) is 142 cm³/mol. The summed E-state index contributed by atoms with van der Waals surface area (Å²) < 4.78 is 0. The number of nitrogens with two attached hydrogens (primary N) is 1. The van der Waals surface area contributed by atoms with E-state index in [0.29, 0.717) is 17.9 Å². The second-order valence-electron chi connectivity index (χ2n) is 9.05. The Balaban J connectivity index is 2.17. The highest BCUT2D eigenvalue weighted by Gasteiger charge is 2.32. The van der Waals surface area contributed by atoms with Crippen LogP contribution in [0.4, 0.5) is 0 Å². The Morgan fingerprint density at radius 3 is 2.24 bits per heavy atom. The van der Waals surface area contributed by atoms with Gasteiger partial charge in [-0.15, -0.1) is 0 Å². The topological polar surface area (TPSA) is 179 Å². The third-order valence-electron chi connectivity index (χ3n) is 5.73. The fourth-order valence-electron chi connectivity index (χ4n) is 3.58. The lowest BCUT2D eigenvalue weighted by Crippen LogP contribution is -2.59. The van der Waals surface area contributed by atoms with Crippen LogP contribution in [0.15, 0.2) is 42.9 Å². The van der Waals surface area contributed by atoms with Gasteiger partial charge in [0, 0.05) is 24.7 Å². The van der Waals surface area contributed by atoms with Gasteiger partial charge in [0.1, 0.15) is 18.1 Å². The highest BCUT2D eigenvalue weighted by Crippen LogP contribution is 2.08. The fourth-order valence-corrected chi connectivity index (χ4v) is 4.07. The molecule has 4 atom stereocenters. The average Bonchev–Trinajstić information content (AvgIpc) is 3.38. The van der Waals surface area contributed by atoms with Crippen LogP contribution in [-0.4, -0.2) is 74.9 Å². The van der Waals surface area contributed by atoms with Crippen LogP contribution in [0.3, 0.4) is 0 Å². The van der Waals surface area contributed by atoms with E-state index in [9.17, 15) is 24.3 Å². The minimum absolute atomic E-state index is 0.0429. The van der Waals surface area contributed by atoms with Gasteiger partial charge in [-0.25, -0.2) is 9.78 Å². The van der Waals surface area contributed by atoms with Crippen molar-refractivity contribution >= 4 is 35.5 Å². The minimum Gasteiger partial charge on any atom is -0.480 e. The van der Waals surface area contributed by atoms with Crippen molar-refractivity contribution in [1.29, 1.82) is 0 Å². The Morgan fingerprint density at radius 1 is 1.00 bits per heavy atom. The molecule has 0 aliphatic heterocycles. The van der Waals surface area contributed by atoms with E-state index < -0.39 is 47.9 Å². The number of carboxylic acids is 1. The lowest BCUT2D eigenvalue weighted by molar-refractivity contribution is -0.142. The first-order chi connectivity index (χ1) is 17.6. The molecule has 0 spiro atoms. The molecule has 0 saturated carbocycles. The van der Waals surface area contributed by atoms with Crippen molar-refractivity contribution in [2.75, 3.05) is 12.0 Å². The molecule has 0 radical (unpaired) electrons. The SMILES string of the molecule is CSCCC(N)C(=O)NC(C(=O)NC(Cc1cnc[nH]1)C(=O)NC(Cc1ccccc1)C(=O)O)C(C)C. The van der Waals surface area contributed by atoms with Crippen molar-refractivity contribution in [2.45, 2.75) is 57.3 Å². The van der Waals surface area contributed by atoms with Crippen LogP contribution in [0.1, 0.15) is 31.5 Å². The Hall–Kier alpha value is -3.38. The van der Waals surface area contributed by atoms with E-state index in [1.54, 1.807) is 49.9 Å². The van der Waals surface area contributed by atoms with Crippen LogP contribution in [0, 0.1) is 5.92 Å². The van der Waals surface area contributed by atoms with Crippen LogP contribution >= 0.6 is 11.8 Å². The second kappa shape index (κ2) is 15.0. The number of thioether (sulfide) groups is 1. The third-order valence-corrected chi connectivity index (χ3v) is 6.37. The van der Waals surface area contributed by atoms with Crippen molar-refractivity contribution in [2.24, 2.45) is 11.7 Å². The number of nitrogens with one attached hydrogen (secondary N) is 4. The molecule has 0 aliphatic carbocycles. The standard InChI is InChI=1S/C25H36N6O5S/c1-15(2)21(31-22(32)18(26)9-10-37-3)24(34)29-19(12-17-13-27-14-28-17)23(33)30-20(25(35)36)11-16-7-5-4-6-8-16/h4-8,13-15,18-21H,9-12,26H2,1-3H3,(H,27,28)(H,29,34)(H,30,33)(H,31,32)(H,35,36). The lowest BCUT2D eigenvalue weighted by atomic mass is 10.0. The number of hydrogen-bond acceptors (Lipinski definition) is 7. The summed E-state index contributed by atoms with van der Waals surface area (Å²) in [5.74, 6) is -2.49. The van der Waals surface area contributed by atoms with E-state index in [-0.39, 0.29) is 18.8 Å². The van der Waals surface area contributed by atoms with Gasteiger partial charge < -0.3 is 31.8 Å². The summed E-state index contributed by atoms with van der Waals surface area (Å²) in [6.45, 7) is 3.53. The first kappa shape index (κ1) is 29.8. The van der Waals surface area contributed by atoms with E-state index in [4.69, 9.17) is 5.73 Å². The maximum absolute atomic E-state index is 13.2. The number of benzene rings is 1. The van der Waals surface area contributed by atoms with E-state index >= 15 is 0 Å². The Morgan fingerprint density at radius 2 is 1.68 bits per heavy atom. The summed E-state index contributed by atoms with van der Waals surface area (Å²) in [5.41, 5.74) is 7.26. The summed E-state index contributed by atoms with van der Waals surface area (Å²) in [4.78, 5) is 57.7. The molecule has 2 rings (SSSR count). The Bertz CT molecular complexity index is 1020. The lowest BCUT2D eigenvalue weighted by Gasteiger charge is -2.27. The number of amides is 3. The Labute approximate surface area is 220 Å². The van der Waals surface area contributed by atoms with Crippen molar-refractivity contribution < 1.29 is 24.3 Å². The van der Waals surface area contributed by atoms with Crippen molar-refractivity contribution in [1.82, 2.24) is 25.9 Å². The molecule has 0 fully saturated rings. The number of aromatic nitrogens is 2. The second-order valence-corrected chi connectivity index (χ2v) is 10.0. The number of rotatable bonds is 15. The number of H-pyrrole nitrogens is 1. The first-order valence-electron chi connectivity index (χ1n) is 12.0. The first-order valence-corrected chi connectivity index (χ1v) is 13.4. The highest BCUT2D eigenvalue weighted by atomic mass is 32.2. The molecular formula is C25H36N6O5S. The molecule has 1 aromatic heterocycles. The molecular weight excluding hydrogens is 496 g/mol. The number of carbonyl (C=O) groups excluding carboxylic acids is 3. The number of imidazole rings is 1. The highest BCUT2D eigenvalue weighted by molar-refractivity contribution is 7.98. The summed E-state index contributed by atoms with van der Waals surface area (Å²) in [5, 5.41) is 17.6. The number of carboxylic acid groups (broad SMARTS) is 1. The largest absolute Gasteiger partial charge is 0.480 e. The smallest absolute Gasteiger partial charge is 0.326 e. The monoisotopic (exact) mass is 532 g/mol. The molecule has 202 valence electrons. The number of aliphatic carboxylic acids is 1. The number of aromatic amines is 1. The van der Waals surface area contributed by atoms with E-state index in [0.717, 1.165) is 5.56 Å². The van der Waals surface area contributed by atoms with Gasteiger partial charge in [-0.05, 0) is 29.9 Å². The molecule has 11 nitrogen and oxygen atoms in total. The zero-order chi connectivity index (χ0) is 27.4. The molecule has 0 saturated heterocycles. The van der Waals surface area contributed by atoms with Crippen molar-refractivity contribution in [3.63, 3.8) is 0 Å². The molecule has 2 aromatic rings. The zero-order valence-electron chi connectivity index (χ0n) is 21.3. The van der Waals surface area contributed by atoms with Gasteiger partial charge >= 0.3 is 5.97 Å². The van der Waals surface area contributed by atoms with Crippen molar-refractivity contribution in [3.8, 4) is 0 Å². The van der Waals surface area contributed by atoms with E-state index in [1.165, 1.54) is 12.5 Å². The quantitative estimate of drug-likeness (QED) is 0.191. The third kappa shape index (κ3) is 9.89. The molecule has 7 N–H and O–H groups in total. The van der Waals surface area contributed by atoms with Crippen LogP contribution in [-0.2, 0) is 32.0 Å². The molecule has 12 heteroatoms. The van der Waals surface area contributed by atoms with Gasteiger partial charge in [-0.1, -0.05) is 44.2 Å². The summed E-state index contributed by atoms with van der Waals surface area (Å²) in [6.07, 6.45) is 5.44. The van der Waals surface area contributed by atoms with Gasteiger partial charge in [0.05, 0.1) is 12.4 Å². The van der Waals surface area contributed by atoms with E-state index in [1.807, 2.05) is 12.3 Å². The van der Waals surface area contributed by atoms with Crippen molar-refractivity contribution in [3.05, 3.63) is 54.1 Å². The normalized spacial score (nSPS) is 14.3. The maximum Gasteiger partial charge on any atom is 0.326 e. The molecule has 4 unspecified atom stereocenters. The van der Waals surface area contributed by atoms with Crippen LogP contribution < -0.4 is 21.7 Å². The molecule has 37 heavy (non-hydrogen) atoms. The molecule has 3 amide bonds. The average molecular weight is 533 g/mol. The summed E-state index contributed by atoms with van der Waals surface area (Å²) in [7, 11) is 0. The van der Waals surface area contributed by atoms with Gasteiger partial charge in [0.15, 0.2) is 0 Å². The van der Waals surface area contributed by atoms with Crippen LogP contribution in [0.25, 0.3) is 0 Å². The predicted octanol–water partition coefficient (Wildman–Crippen LogP) is 0.470. The summed E-state index contributed by atoms with van der Waals surface area (Å²) in [6, 6.07) is 4.89. The summed E-state index contributed by atoms with van der Waals surface area (Å²) >= 11 is 1.57. The zero-order valence-corrected chi connectivity index (χ0v) is 22.1. The molecule has 0 bridgehead atoms. The minimum atomic E-state index is -1.20. The fraction of sp³-hybridized carbons (Fsp3) is 0.480. The Kier molecular flexibility index (Phi) is 12.1.